The van der Waals surface area contributed by atoms with E-state index < -0.39 is 0 Å². The molecular weight excluding hydrogens is 170 g/mol. The molecule has 0 rings (SSSR count). The Morgan fingerprint density at radius 3 is 1.69 bits per heavy atom. The Kier molecular flexibility index (Phi) is 8.27. The van der Waals surface area contributed by atoms with E-state index in [1.165, 1.54) is 0 Å². The average molecular weight is 191 g/mol. The van der Waals surface area contributed by atoms with Gasteiger partial charge >= 0.3 is 0 Å². The molecular formula is C8H21N3O2. The fourth-order valence-corrected chi connectivity index (χ4v) is 0.916. The zero-order valence-corrected chi connectivity index (χ0v) is 8.45. The summed E-state index contributed by atoms with van der Waals surface area (Å²) in [5.41, 5.74) is 10.6. The fourth-order valence-electron chi connectivity index (χ4n) is 0.916. The SMILES string of the molecule is CC(NC(C)OCCN)OCCN. The van der Waals surface area contributed by atoms with Gasteiger partial charge in [0.05, 0.1) is 13.2 Å². The lowest BCUT2D eigenvalue weighted by molar-refractivity contribution is -0.0263. The van der Waals surface area contributed by atoms with Gasteiger partial charge in [0.1, 0.15) is 12.5 Å². The van der Waals surface area contributed by atoms with Gasteiger partial charge in [-0.2, -0.15) is 0 Å². The molecule has 0 aliphatic rings. The minimum atomic E-state index is -0.0451. The maximum atomic E-state index is 5.29. The molecule has 0 aliphatic heterocycles. The Labute approximate surface area is 79.8 Å². The van der Waals surface area contributed by atoms with Crippen LogP contribution >= 0.6 is 0 Å². The first-order valence-electron chi connectivity index (χ1n) is 4.60. The van der Waals surface area contributed by atoms with Gasteiger partial charge in [0.25, 0.3) is 0 Å². The first-order chi connectivity index (χ1) is 6.20. The predicted molar refractivity (Wildman–Crippen MR) is 52.1 cm³/mol. The second kappa shape index (κ2) is 8.40. The molecule has 0 aromatic carbocycles. The van der Waals surface area contributed by atoms with Gasteiger partial charge in [0.2, 0.25) is 0 Å². The number of hydrogen-bond acceptors (Lipinski definition) is 5. The summed E-state index contributed by atoms with van der Waals surface area (Å²) in [5.74, 6) is 0. The van der Waals surface area contributed by atoms with E-state index in [0.29, 0.717) is 26.3 Å². The van der Waals surface area contributed by atoms with Gasteiger partial charge in [-0.3, -0.25) is 5.32 Å². The third kappa shape index (κ3) is 8.14. The molecule has 0 aromatic rings. The summed E-state index contributed by atoms with van der Waals surface area (Å²) < 4.78 is 10.6. The smallest absolute Gasteiger partial charge is 0.107 e. The second-order valence-electron chi connectivity index (χ2n) is 2.77. The normalized spacial score (nSPS) is 15.7. The first-order valence-corrected chi connectivity index (χ1v) is 4.60. The summed E-state index contributed by atoms with van der Waals surface area (Å²) >= 11 is 0. The highest BCUT2D eigenvalue weighted by molar-refractivity contribution is 4.51. The highest BCUT2D eigenvalue weighted by Gasteiger charge is 2.06. The molecule has 0 amide bonds. The zero-order chi connectivity index (χ0) is 10.1. The van der Waals surface area contributed by atoms with Crippen molar-refractivity contribution in [3.8, 4) is 0 Å². The van der Waals surface area contributed by atoms with Crippen molar-refractivity contribution in [2.75, 3.05) is 26.3 Å². The van der Waals surface area contributed by atoms with E-state index in [9.17, 15) is 0 Å². The number of rotatable bonds is 8. The minimum Gasteiger partial charge on any atom is -0.362 e. The lowest BCUT2D eigenvalue weighted by Crippen LogP contribution is -2.39. The van der Waals surface area contributed by atoms with Crippen LogP contribution in [0.2, 0.25) is 0 Å². The molecule has 2 atom stereocenters. The highest BCUT2D eigenvalue weighted by Crippen LogP contribution is 1.90. The van der Waals surface area contributed by atoms with E-state index in [1.807, 2.05) is 13.8 Å². The third-order valence-corrected chi connectivity index (χ3v) is 1.44. The number of ether oxygens (including phenoxy) is 2. The van der Waals surface area contributed by atoms with Crippen molar-refractivity contribution in [2.45, 2.75) is 26.3 Å². The largest absolute Gasteiger partial charge is 0.362 e. The van der Waals surface area contributed by atoms with Gasteiger partial charge in [-0.25, -0.2) is 0 Å². The molecule has 5 nitrogen and oxygen atoms in total. The molecule has 2 unspecified atom stereocenters. The molecule has 13 heavy (non-hydrogen) atoms. The number of nitrogens with two attached hydrogens (primary N) is 2. The Morgan fingerprint density at radius 2 is 1.38 bits per heavy atom. The summed E-state index contributed by atoms with van der Waals surface area (Å²) in [7, 11) is 0. The second-order valence-corrected chi connectivity index (χ2v) is 2.77. The fraction of sp³-hybridized carbons (Fsp3) is 1.00. The lowest BCUT2D eigenvalue weighted by Gasteiger charge is -2.20. The van der Waals surface area contributed by atoms with E-state index in [0.717, 1.165) is 0 Å². The van der Waals surface area contributed by atoms with E-state index >= 15 is 0 Å². The van der Waals surface area contributed by atoms with E-state index in [4.69, 9.17) is 20.9 Å². The standard InChI is InChI=1S/C8H21N3O2/c1-7(12-5-3-9)11-8(2)13-6-4-10/h7-8,11H,3-6,9-10H2,1-2H3. The van der Waals surface area contributed by atoms with Crippen molar-refractivity contribution in [1.82, 2.24) is 5.32 Å². The van der Waals surface area contributed by atoms with Gasteiger partial charge in [0.15, 0.2) is 0 Å². The minimum absolute atomic E-state index is 0.0451. The molecule has 0 saturated carbocycles. The van der Waals surface area contributed by atoms with Crippen LogP contribution in [0.25, 0.3) is 0 Å². The molecule has 0 saturated heterocycles. The Hall–Kier alpha value is -0.200. The van der Waals surface area contributed by atoms with Gasteiger partial charge in [-0.1, -0.05) is 0 Å². The highest BCUT2D eigenvalue weighted by atomic mass is 16.5. The molecule has 0 heterocycles. The average Bonchev–Trinajstić information content (AvgIpc) is 2.11. The molecule has 80 valence electrons. The van der Waals surface area contributed by atoms with Crippen molar-refractivity contribution in [3.05, 3.63) is 0 Å². The Morgan fingerprint density at radius 1 is 1.00 bits per heavy atom. The molecule has 5 N–H and O–H groups in total. The predicted octanol–water partition coefficient (Wildman–Crippen LogP) is -0.781. The summed E-state index contributed by atoms with van der Waals surface area (Å²) in [6.45, 7) is 6.00. The van der Waals surface area contributed by atoms with Gasteiger partial charge in [0, 0.05) is 13.1 Å². The van der Waals surface area contributed by atoms with Crippen molar-refractivity contribution in [3.63, 3.8) is 0 Å². The number of hydrogen-bond donors (Lipinski definition) is 3. The maximum absolute atomic E-state index is 5.29. The van der Waals surface area contributed by atoms with Crippen molar-refractivity contribution in [2.24, 2.45) is 11.5 Å². The van der Waals surface area contributed by atoms with Gasteiger partial charge in [-0.05, 0) is 13.8 Å². The van der Waals surface area contributed by atoms with Crippen LogP contribution in [0.3, 0.4) is 0 Å². The van der Waals surface area contributed by atoms with Crippen LogP contribution in [0, 0.1) is 0 Å². The molecule has 0 aromatic heterocycles. The summed E-state index contributed by atoms with van der Waals surface area (Å²) in [6, 6.07) is 0. The van der Waals surface area contributed by atoms with Crippen LogP contribution in [0.4, 0.5) is 0 Å². The molecule has 0 spiro atoms. The van der Waals surface area contributed by atoms with Crippen molar-refractivity contribution < 1.29 is 9.47 Å². The van der Waals surface area contributed by atoms with Crippen LogP contribution in [0.1, 0.15) is 13.8 Å². The molecule has 0 aliphatic carbocycles. The quantitative estimate of drug-likeness (QED) is 0.438. The van der Waals surface area contributed by atoms with Crippen LogP contribution in [-0.4, -0.2) is 38.8 Å². The summed E-state index contributed by atoms with van der Waals surface area (Å²) in [6.07, 6.45) is -0.0901. The Balaban J connectivity index is 3.35. The third-order valence-electron chi connectivity index (χ3n) is 1.44. The zero-order valence-electron chi connectivity index (χ0n) is 8.45. The monoisotopic (exact) mass is 191 g/mol. The maximum Gasteiger partial charge on any atom is 0.107 e. The first kappa shape index (κ1) is 12.8. The summed E-state index contributed by atoms with van der Waals surface area (Å²) in [5, 5.41) is 3.09. The summed E-state index contributed by atoms with van der Waals surface area (Å²) in [4.78, 5) is 0. The topological polar surface area (TPSA) is 82.5 Å². The Bertz CT molecular complexity index is 102. The van der Waals surface area contributed by atoms with E-state index in [-0.39, 0.29) is 12.5 Å². The van der Waals surface area contributed by atoms with E-state index in [1.54, 1.807) is 0 Å². The van der Waals surface area contributed by atoms with Gasteiger partial charge < -0.3 is 20.9 Å². The molecule has 5 heteroatoms. The van der Waals surface area contributed by atoms with Crippen LogP contribution < -0.4 is 16.8 Å². The molecule has 0 radical (unpaired) electrons. The van der Waals surface area contributed by atoms with Crippen molar-refractivity contribution in [1.29, 1.82) is 0 Å². The van der Waals surface area contributed by atoms with Crippen LogP contribution in [0.15, 0.2) is 0 Å². The van der Waals surface area contributed by atoms with Crippen LogP contribution in [0.5, 0.6) is 0 Å². The van der Waals surface area contributed by atoms with Crippen LogP contribution in [-0.2, 0) is 9.47 Å². The molecule has 0 bridgehead atoms. The van der Waals surface area contributed by atoms with Gasteiger partial charge in [-0.15, -0.1) is 0 Å². The number of nitrogens with one attached hydrogen (secondary N) is 1. The van der Waals surface area contributed by atoms with E-state index in [2.05, 4.69) is 5.32 Å². The molecule has 0 fully saturated rings. The lowest BCUT2D eigenvalue weighted by atomic mass is 10.5. The van der Waals surface area contributed by atoms with Crippen molar-refractivity contribution >= 4 is 0 Å².